The van der Waals surface area contributed by atoms with E-state index in [-0.39, 0.29) is 46.2 Å². The number of ether oxygens (including phenoxy) is 1. The Balaban J connectivity index is 1.34. The third-order valence-electron chi connectivity index (χ3n) is 7.23. The van der Waals surface area contributed by atoms with Crippen molar-refractivity contribution in [3.63, 3.8) is 0 Å². The maximum Gasteiger partial charge on any atom is 0.270 e. The lowest BCUT2D eigenvalue weighted by Gasteiger charge is -2.57. The van der Waals surface area contributed by atoms with Crippen LogP contribution in [0.25, 0.3) is 0 Å². The number of rotatable bonds is 7. The molecule has 0 saturated heterocycles. The Morgan fingerprint density at radius 3 is 2.55 bits per heavy atom. The molecule has 2 aromatic rings. The first-order valence-corrected chi connectivity index (χ1v) is 11.8. The largest absolute Gasteiger partial charge is 0.484 e. The van der Waals surface area contributed by atoms with Gasteiger partial charge in [0.25, 0.3) is 11.8 Å². The number of aromatic nitrogens is 1. The van der Waals surface area contributed by atoms with Crippen molar-refractivity contribution >= 4 is 23.4 Å². The average molecular weight is 474 g/mol. The van der Waals surface area contributed by atoms with Gasteiger partial charge in [-0.2, -0.15) is 0 Å². The number of nitrogens with one attached hydrogen (secondary N) is 2. The van der Waals surface area contributed by atoms with E-state index in [9.17, 15) is 14.0 Å². The van der Waals surface area contributed by atoms with E-state index in [1.807, 2.05) is 6.07 Å². The van der Waals surface area contributed by atoms with Crippen molar-refractivity contribution in [1.29, 1.82) is 0 Å². The van der Waals surface area contributed by atoms with Crippen molar-refractivity contribution < 1.29 is 18.7 Å². The van der Waals surface area contributed by atoms with E-state index in [0.717, 1.165) is 44.1 Å². The van der Waals surface area contributed by atoms with Crippen LogP contribution in [0.15, 0.2) is 36.5 Å². The molecule has 3 aliphatic rings. The molecule has 2 amide bonds. The van der Waals surface area contributed by atoms with Gasteiger partial charge in [-0.05, 0) is 68.2 Å². The van der Waals surface area contributed by atoms with Crippen molar-refractivity contribution in [2.75, 3.05) is 6.61 Å². The van der Waals surface area contributed by atoms with Crippen LogP contribution in [-0.4, -0.2) is 34.5 Å². The molecule has 1 aromatic heterocycles. The first kappa shape index (κ1) is 23.5. The SMILES string of the molecule is CCc1ccc(C(=O)NC23CCC(NC(=O)COc4ccc(Cl)c(F)c4)(CC2)[C@@H](C)C3)nc1. The van der Waals surface area contributed by atoms with E-state index in [4.69, 9.17) is 16.3 Å². The zero-order valence-corrected chi connectivity index (χ0v) is 19.7. The molecule has 5 rings (SSSR count). The minimum Gasteiger partial charge on any atom is -0.484 e. The van der Waals surface area contributed by atoms with Crippen LogP contribution in [0.2, 0.25) is 5.02 Å². The molecule has 3 aliphatic carbocycles. The molecule has 1 heterocycles. The van der Waals surface area contributed by atoms with E-state index >= 15 is 0 Å². The molecular weight excluding hydrogens is 445 g/mol. The molecule has 0 radical (unpaired) electrons. The number of fused-ring (bicyclic) bond motifs is 3. The van der Waals surface area contributed by atoms with Crippen LogP contribution in [0, 0.1) is 11.7 Å². The molecule has 0 unspecified atom stereocenters. The summed E-state index contributed by atoms with van der Waals surface area (Å²) in [6, 6.07) is 7.80. The third kappa shape index (κ3) is 4.98. The number of pyridine rings is 1. The van der Waals surface area contributed by atoms with Gasteiger partial charge in [0.1, 0.15) is 17.3 Å². The molecule has 2 N–H and O–H groups in total. The Morgan fingerprint density at radius 2 is 1.94 bits per heavy atom. The second kappa shape index (κ2) is 9.29. The van der Waals surface area contributed by atoms with Crippen LogP contribution in [0.4, 0.5) is 4.39 Å². The minimum atomic E-state index is -0.587. The number of nitrogens with zero attached hydrogens (tertiary/aromatic N) is 1. The van der Waals surface area contributed by atoms with E-state index in [0.29, 0.717) is 5.69 Å². The highest BCUT2D eigenvalue weighted by molar-refractivity contribution is 6.30. The van der Waals surface area contributed by atoms with Gasteiger partial charge in [-0.1, -0.05) is 31.5 Å². The highest BCUT2D eigenvalue weighted by Gasteiger charge is 2.54. The number of carbonyl (C=O) groups is 2. The number of hydrogen-bond donors (Lipinski definition) is 2. The fraction of sp³-hybridized carbons (Fsp3) is 0.480. The fourth-order valence-electron chi connectivity index (χ4n) is 5.18. The molecule has 2 bridgehead atoms. The monoisotopic (exact) mass is 473 g/mol. The van der Waals surface area contributed by atoms with Gasteiger partial charge in [0.15, 0.2) is 6.61 Å². The number of halogens is 2. The lowest BCUT2D eigenvalue weighted by atomic mass is 9.56. The van der Waals surface area contributed by atoms with Crippen molar-refractivity contribution in [2.24, 2.45) is 5.92 Å². The first-order chi connectivity index (χ1) is 15.7. The second-order valence-electron chi connectivity index (χ2n) is 9.31. The normalized spacial score (nSPS) is 26.0. The van der Waals surface area contributed by atoms with E-state index in [2.05, 4.69) is 29.5 Å². The van der Waals surface area contributed by atoms with Crippen LogP contribution >= 0.6 is 11.6 Å². The maximum atomic E-state index is 13.6. The lowest BCUT2D eigenvalue weighted by Crippen LogP contribution is -2.67. The van der Waals surface area contributed by atoms with Gasteiger partial charge in [-0.15, -0.1) is 0 Å². The Morgan fingerprint density at radius 1 is 1.18 bits per heavy atom. The van der Waals surface area contributed by atoms with Crippen molar-refractivity contribution in [3.8, 4) is 5.75 Å². The third-order valence-corrected chi connectivity index (χ3v) is 7.54. The summed E-state index contributed by atoms with van der Waals surface area (Å²) in [5.41, 5.74) is 0.935. The van der Waals surface area contributed by atoms with Gasteiger partial charge in [-0.25, -0.2) is 4.39 Å². The fourth-order valence-corrected chi connectivity index (χ4v) is 5.30. The molecule has 3 saturated carbocycles. The van der Waals surface area contributed by atoms with Crippen LogP contribution < -0.4 is 15.4 Å². The second-order valence-corrected chi connectivity index (χ2v) is 9.72. The van der Waals surface area contributed by atoms with Gasteiger partial charge in [0, 0.05) is 23.3 Å². The number of hydrogen-bond acceptors (Lipinski definition) is 4. The Hall–Kier alpha value is -2.67. The first-order valence-electron chi connectivity index (χ1n) is 11.4. The Labute approximate surface area is 198 Å². The predicted molar refractivity (Wildman–Crippen MR) is 124 cm³/mol. The minimum absolute atomic E-state index is 0.00764. The van der Waals surface area contributed by atoms with E-state index < -0.39 is 5.82 Å². The average Bonchev–Trinajstić information content (AvgIpc) is 2.81. The van der Waals surface area contributed by atoms with Crippen LogP contribution in [0.5, 0.6) is 5.75 Å². The van der Waals surface area contributed by atoms with Crippen LogP contribution in [-0.2, 0) is 11.2 Å². The van der Waals surface area contributed by atoms with Gasteiger partial charge < -0.3 is 15.4 Å². The topological polar surface area (TPSA) is 80.3 Å². The molecule has 6 nitrogen and oxygen atoms in total. The zero-order chi connectivity index (χ0) is 23.6. The zero-order valence-electron chi connectivity index (χ0n) is 18.9. The maximum absolute atomic E-state index is 13.6. The van der Waals surface area contributed by atoms with Crippen LogP contribution in [0.1, 0.15) is 62.0 Å². The molecule has 3 fully saturated rings. The number of aryl methyl sites for hydroxylation is 1. The molecule has 1 atom stereocenters. The quantitative estimate of drug-likeness (QED) is 0.622. The van der Waals surface area contributed by atoms with Gasteiger partial charge in [-0.3, -0.25) is 14.6 Å². The molecule has 1 aromatic carbocycles. The molecule has 0 aliphatic heterocycles. The number of carbonyl (C=O) groups excluding carboxylic acids is 2. The summed E-state index contributed by atoms with van der Waals surface area (Å²) in [4.78, 5) is 29.8. The summed E-state index contributed by atoms with van der Waals surface area (Å²) >= 11 is 5.68. The van der Waals surface area contributed by atoms with Gasteiger partial charge >= 0.3 is 0 Å². The van der Waals surface area contributed by atoms with E-state index in [1.54, 1.807) is 12.3 Å². The summed E-state index contributed by atoms with van der Waals surface area (Å²) < 4.78 is 19.0. The number of benzene rings is 1. The van der Waals surface area contributed by atoms with Crippen molar-refractivity contribution in [3.05, 3.63) is 58.6 Å². The van der Waals surface area contributed by atoms with Crippen molar-refractivity contribution in [1.82, 2.24) is 15.6 Å². The van der Waals surface area contributed by atoms with Crippen molar-refractivity contribution in [2.45, 2.75) is 63.5 Å². The molecule has 176 valence electrons. The highest BCUT2D eigenvalue weighted by Crippen LogP contribution is 2.50. The smallest absolute Gasteiger partial charge is 0.270 e. The Kier molecular flexibility index (Phi) is 6.61. The van der Waals surface area contributed by atoms with Crippen LogP contribution in [0.3, 0.4) is 0 Å². The lowest BCUT2D eigenvalue weighted by molar-refractivity contribution is -0.128. The van der Waals surface area contributed by atoms with Gasteiger partial charge in [0.05, 0.1) is 5.02 Å². The molecule has 8 heteroatoms. The standard InChI is InChI=1S/C25H29ClFN3O3/c1-3-17-4-7-21(28-14-17)23(32)30-24-8-10-25(11-9-24,16(2)13-24)29-22(31)15-33-18-5-6-19(26)20(27)12-18/h4-7,12,14,16H,3,8-11,13,15H2,1-2H3,(H,29,31)(H,30,32)/t16-,24?,25?/m0/s1. The summed E-state index contributed by atoms with van der Waals surface area (Å²) in [5.74, 6) is -0.529. The van der Waals surface area contributed by atoms with Gasteiger partial charge in [0.2, 0.25) is 0 Å². The predicted octanol–water partition coefficient (Wildman–Crippen LogP) is 4.45. The summed E-state index contributed by atoms with van der Waals surface area (Å²) in [6.45, 7) is 3.97. The highest BCUT2D eigenvalue weighted by atomic mass is 35.5. The molecule has 0 spiro atoms. The van der Waals surface area contributed by atoms with E-state index in [1.165, 1.54) is 18.2 Å². The molecular formula is C25H29ClFN3O3. The Bertz CT molecular complexity index is 1040. The summed E-state index contributed by atoms with van der Waals surface area (Å²) in [6.07, 6.45) is 6.55. The summed E-state index contributed by atoms with van der Waals surface area (Å²) in [5, 5.41) is 6.43. The number of amides is 2. The summed E-state index contributed by atoms with van der Waals surface area (Å²) in [7, 11) is 0. The molecule has 33 heavy (non-hydrogen) atoms.